The molecule has 2 unspecified atom stereocenters. The Hall–Kier alpha value is -4.62. The van der Waals surface area contributed by atoms with E-state index in [1.807, 2.05) is 6.07 Å². The summed E-state index contributed by atoms with van der Waals surface area (Å²) in [6.45, 7) is 21.1. The van der Waals surface area contributed by atoms with Crippen LogP contribution in [0.4, 0.5) is 28.4 Å². The standard InChI is InChI=1S/C44H47BN2O4/c1-42(2,3)26-13-16-29(17-14-26)46-32-19-15-27(43(4,5)6)21-31(32)45-30-18-20-37-41(51-25-49-37)39(30)47(33-11-10-12-36-40(33)50-24-48-36)35-23-28(44(7,8)9)22-34(46)38(35)45/h10-23,39,41H,24-25H2,1-9H3. The first kappa shape index (κ1) is 32.3. The molecular formula is C44H47BN2O4. The molecule has 1 fully saturated rings. The molecular weight excluding hydrogens is 631 g/mol. The topological polar surface area (TPSA) is 43.4 Å². The van der Waals surface area contributed by atoms with E-state index in [0.717, 1.165) is 34.3 Å². The van der Waals surface area contributed by atoms with Crippen LogP contribution in [-0.2, 0) is 25.7 Å². The van der Waals surface area contributed by atoms with Crippen molar-refractivity contribution in [2.75, 3.05) is 23.4 Å². The van der Waals surface area contributed by atoms with Crippen LogP contribution in [0, 0.1) is 0 Å². The number of hydrogen-bond donors (Lipinski definition) is 0. The second kappa shape index (κ2) is 10.9. The van der Waals surface area contributed by atoms with Crippen molar-refractivity contribution in [3.05, 3.63) is 113 Å². The van der Waals surface area contributed by atoms with E-state index in [-0.39, 0.29) is 48.7 Å². The number of para-hydroxylation sites is 1. The van der Waals surface area contributed by atoms with E-state index in [1.165, 1.54) is 44.5 Å². The number of nitrogens with zero attached hydrogens (tertiary/aromatic N) is 2. The second-order valence-electron chi connectivity index (χ2n) is 17.7. The van der Waals surface area contributed by atoms with Crippen LogP contribution in [0.5, 0.6) is 11.5 Å². The average molecular weight is 679 g/mol. The van der Waals surface area contributed by atoms with Crippen LogP contribution in [0.2, 0.25) is 0 Å². The SMILES string of the molecule is CC(C)(C)c1ccc(N2c3ccc(C(C)(C)C)cc3B3C4=CC=C5OCOC5C4N(c4cccc5c4OCO5)c4cc(C(C)(C)C)cc2c43)cc1. The van der Waals surface area contributed by atoms with Crippen LogP contribution in [0.15, 0.2) is 96.2 Å². The highest BCUT2D eigenvalue weighted by atomic mass is 16.7. The smallest absolute Gasteiger partial charge is 0.247 e. The zero-order chi connectivity index (χ0) is 35.6. The Bertz CT molecular complexity index is 2150. The quantitative estimate of drug-likeness (QED) is 0.197. The van der Waals surface area contributed by atoms with Gasteiger partial charge in [0.1, 0.15) is 11.9 Å². The van der Waals surface area contributed by atoms with E-state index in [4.69, 9.17) is 18.9 Å². The van der Waals surface area contributed by atoms with Crippen LogP contribution >= 0.6 is 0 Å². The van der Waals surface area contributed by atoms with Crippen molar-refractivity contribution < 1.29 is 18.9 Å². The fourth-order valence-electron chi connectivity index (χ4n) is 8.48. The molecule has 0 aromatic heterocycles. The molecule has 4 aliphatic heterocycles. The Morgan fingerprint density at radius 2 is 1.33 bits per heavy atom. The minimum absolute atomic E-state index is 0.00333. The summed E-state index contributed by atoms with van der Waals surface area (Å²) in [6, 6.07) is 27.3. The molecule has 0 radical (unpaired) electrons. The Labute approximate surface area is 302 Å². The highest BCUT2D eigenvalue weighted by Gasteiger charge is 2.53. The van der Waals surface area contributed by atoms with Gasteiger partial charge in [-0.2, -0.15) is 0 Å². The van der Waals surface area contributed by atoms with Gasteiger partial charge < -0.3 is 28.7 Å². The summed E-state index contributed by atoms with van der Waals surface area (Å²) in [7, 11) is 0. The predicted octanol–water partition coefficient (Wildman–Crippen LogP) is 8.96. The molecule has 9 rings (SSSR count). The lowest BCUT2D eigenvalue weighted by molar-refractivity contribution is 0.0456. The lowest BCUT2D eigenvalue weighted by Gasteiger charge is -2.50. The van der Waals surface area contributed by atoms with Gasteiger partial charge in [0, 0.05) is 22.7 Å². The molecule has 0 amide bonds. The lowest BCUT2D eigenvalue weighted by atomic mass is 9.31. The van der Waals surface area contributed by atoms with Crippen molar-refractivity contribution in [2.24, 2.45) is 0 Å². The summed E-state index contributed by atoms with van der Waals surface area (Å²) < 4.78 is 24.8. The van der Waals surface area contributed by atoms with E-state index in [9.17, 15) is 0 Å². The monoisotopic (exact) mass is 678 g/mol. The lowest BCUT2D eigenvalue weighted by Crippen LogP contribution is -2.63. The van der Waals surface area contributed by atoms with Gasteiger partial charge in [0.2, 0.25) is 13.5 Å². The maximum Gasteiger partial charge on any atom is 0.247 e. The molecule has 4 aromatic carbocycles. The maximum absolute atomic E-state index is 6.49. The largest absolute Gasteiger partial charge is 0.469 e. The molecule has 0 bridgehead atoms. The van der Waals surface area contributed by atoms with E-state index in [0.29, 0.717) is 0 Å². The van der Waals surface area contributed by atoms with E-state index >= 15 is 0 Å². The Balaban J connectivity index is 1.39. The third-order valence-corrected chi connectivity index (χ3v) is 11.3. The van der Waals surface area contributed by atoms with Crippen molar-refractivity contribution in [3.63, 3.8) is 0 Å². The Kier molecular flexibility index (Phi) is 6.93. The fourth-order valence-corrected chi connectivity index (χ4v) is 8.48. The highest BCUT2D eigenvalue weighted by molar-refractivity contribution is 6.95. The summed E-state index contributed by atoms with van der Waals surface area (Å²) in [5.41, 5.74) is 13.4. The van der Waals surface area contributed by atoms with Crippen molar-refractivity contribution >= 4 is 46.1 Å². The Morgan fingerprint density at radius 3 is 2.06 bits per heavy atom. The molecule has 51 heavy (non-hydrogen) atoms. The van der Waals surface area contributed by atoms with Crippen LogP contribution < -0.4 is 30.2 Å². The zero-order valence-corrected chi connectivity index (χ0v) is 31.3. The summed E-state index contributed by atoms with van der Waals surface area (Å²) in [4.78, 5) is 4.97. The first-order chi connectivity index (χ1) is 24.2. The fraction of sp³-hybridized carbons (Fsp3) is 0.364. The molecule has 4 aromatic rings. The molecule has 5 aliphatic rings. The molecule has 7 heteroatoms. The van der Waals surface area contributed by atoms with Gasteiger partial charge in [-0.05, 0) is 92.4 Å². The molecule has 2 atom stereocenters. The van der Waals surface area contributed by atoms with Gasteiger partial charge >= 0.3 is 0 Å². The van der Waals surface area contributed by atoms with Crippen LogP contribution in [0.1, 0.15) is 79.0 Å². The van der Waals surface area contributed by atoms with E-state index in [1.54, 1.807) is 0 Å². The number of benzene rings is 4. The number of allylic oxidation sites excluding steroid dienone is 2. The van der Waals surface area contributed by atoms with Crippen LogP contribution in [0.3, 0.4) is 0 Å². The minimum Gasteiger partial charge on any atom is -0.469 e. The number of fused-ring (bicyclic) bond motifs is 7. The molecule has 260 valence electrons. The van der Waals surface area contributed by atoms with Crippen LogP contribution in [-0.4, -0.2) is 32.4 Å². The van der Waals surface area contributed by atoms with Gasteiger partial charge in [-0.1, -0.05) is 104 Å². The van der Waals surface area contributed by atoms with Gasteiger partial charge in [-0.15, -0.1) is 0 Å². The van der Waals surface area contributed by atoms with E-state index < -0.39 is 0 Å². The first-order valence-electron chi connectivity index (χ1n) is 18.3. The summed E-state index contributed by atoms with van der Waals surface area (Å²) in [5, 5.41) is 0. The molecule has 0 N–H and O–H groups in total. The number of rotatable bonds is 2. The highest BCUT2D eigenvalue weighted by Crippen LogP contribution is 2.52. The van der Waals surface area contributed by atoms with Gasteiger partial charge in [0.05, 0.1) is 11.7 Å². The number of hydrogen-bond acceptors (Lipinski definition) is 6. The van der Waals surface area contributed by atoms with E-state index in [2.05, 4.69) is 151 Å². The third-order valence-electron chi connectivity index (χ3n) is 11.3. The second-order valence-corrected chi connectivity index (χ2v) is 17.7. The zero-order valence-electron chi connectivity index (χ0n) is 31.3. The Morgan fingerprint density at radius 1 is 0.627 bits per heavy atom. The summed E-state index contributed by atoms with van der Waals surface area (Å²) in [5.74, 6) is 2.40. The summed E-state index contributed by atoms with van der Waals surface area (Å²) in [6.07, 6.45) is 4.17. The average Bonchev–Trinajstić information content (AvgIpc) is 3.77. The number of ether oxygens (including phenoxy) is 4. The van der Waals surface area contributed by atoms with Gasteiger partial charge in [-0.3, -0.25) is 0 Å². The molecule has 0 saturated carbocycles. The summed E-state index contributed by atoms with van der Waals surface area (Å²) >= 11 is 0. The van der Waals surface area contributed by atoms with Crippen LogP contribution in [0.25, 0.3) is 0 Å². The molecule has 0 spiro atoms. The van der Waals surface area contributed by atoms with Gasteiger partial charge in [0.15, 0.2) is 18.3 Å². The van der Waals surface area contributed by atoms with Crippen molar-refractivity contribution in [2.45, 2.75) is 90.7 Å². The minimum atomic E-state index is -0.268. The molecule has 1 saturated heterocycles. The normalized spacial score (nSPS) is 20.2. The molecule has 4 heterocycles. The molecule has 6 nitrogen and oxygen atoms in total. The van der Waals surface area contributed by atoms with Gasteiger partial charge in [-0.25, -0.2) is 0 Å². The number of anilines is 5. The van der Waals surface area contributed by atoms with Crippen molar-refractivity contribution in [1.29, 1.82) is 0 Å². The molecule has 1 aliphatic carbocycles. The first-order valence-corrected chi connectivity index (χ1v) is 18.3. The van der Waals surface area contributed by atoms with Crippen molar-refractivity contribution in [1.82, 2.24) is 0 Å². The maximum atomic E-state index is 6.49. The van der Waals surface area contributed by atoms with Gasteiger partial charge in [0.25, 0.3) is 0 Å². The predicted molar refractivity (Wildman–Crippen MR) is 208 cm³/mol. The van der Waals surface area contributed by atoms with Crippen molar-refractivity contribution in [3.8, 4) is 11.5 Å². The third kappa shape index (κ3) is 4.95.